The topological polar surface area (TPSA) is 75.3 Å². The van der Waals surface area contributed by atoms with Gasteiger partial charge in [0.2, 0.25) is 0 Å². The SMILES string of the molecule is CC1(C)C(N)C(C)(C)C1NC(=O)c1c(O)cccc1F. The van der Waals surface area contributed by atoms with Crippen LogP contribution in [0, 0.1) is 16.6 Å². The molecular weight excluding hydrogens is 259 g/mol. The van der Waals surface area contributed by atoms with Gasteiger partial charge >= 0.3 is 0 Å². The number of amides is 1. The number of hydrogen-bond acceptors (Lipinski definition) is 3. The maximum atomic E-state index is 13.7. The first-order chi connectivity index (χ1) is 9.10. The Kier molecular flexibility index (Phi) is 3.29. The van der Waals surface area contributed by atoms with E-state index >= 15 is 0 Å². The predicted molar refractivity (Wildman–Crippen MR) is 74.9 cm³/mol. The number of phenols is 1. The van der Waals surface area contributed by atoms with Gasteiger partial charge in [0, 0.05) is 22.9 Å². The number of nitrogens with one attached hydrogen (secondary N) is 1. The van der Waals surface area contributed by atoms with Gasteiger partial charge in [0.1, 0.15) is 17.1 Å². The molecule has 0 bridgehead atoms. The summed E-state index contributed by atoms with van der Waals surface area (Å²) in [5.41, 5.74) is 5.25. The second-order valence-corrected chi connectivity index (χ2v) is 6.66. The molecule has 1 saturated carbocycles. The van der Waals surface area contributed by atoms with E-state index in [1.54, 1.807) is 0 Å². The first kappa shape index (κ1) is 14.8. The summed E-state index contributed by atoms with van der Waals surface area (Å²) in [5, 5.41) is 12.5. The van der Waals surface area contributed by atoms with Gasteiger partial charge < -0.3 is 16.2 Å². The number of phenolic OH excluding ortho intramolecular Hbond substituents is 1. The van der Waals surface area contributed by atoms with Crippen molar-refractivity contribution in [2.75, 3.05) is 0 Å². The van der Waals surface area contributed by atoms with Crippen molar-refractivity contribution in [3.8, 4) is 5.75 Å². The van der Waals surface area contributed by atoms with Crippen molar-refractivity contribution >= 4 is 5.91 Å². The van der Waals surface area contributed by atoms with Crippen molar-refractivity contribution < 1.29 is 14.3 Å². The van der Waals surface area contributed by atoms with Gasteiger partial charge in [-0.3, -0.25) is 4.79 Å². The Morgan fingerprint density at radius 3 is 2.35 bits per heavy atom. The normalized spacial score (nSPS) is 26.7. The molecule has 4 N–H and O–H groups in total. The van der Waals surface area contributed by atoms with E-state index in [2.05, 4.69) is 5.32 Å². The van der Waals surface area contributed by atoms with Crippen LogP contribution in [0.2, 0.25) is 0 Å². The molecule has 5 heteroatoms. The number of hydrogen-bond donors (Lipinski definition) is 3. The standard InChI is InChI=1S/C15H21FN2O2/c1-14(2)12(17)15(3,4)13(14)18-11(20)10-8(16)6-5-7-9(10)19/h5-7,12-13,19H,17H2,1-4H3,(H,18,20). The van der Waals surface area contributed by atoms with Crippen LogP contribution in [-0.4, -0.2) is 23.1 Å². The van der Waals surface area contributed by atoms with Gasteiger partial charge in [-0.1, -0.05) is 33.8 Å². The van der Waals surface area contributed by atoms with Crippen LogP contribution in [0.4, 0.5) is 4.39 Å². The molecule has 20 heavy (non-hydrogen) atoms. The zero-order valence-electron chi connectivity index (χ0n) is 12.2. The van der Waals surface area contributed by atoms with Crippen LogP contribution in [-0.2, 0) is 0 Å². The smallest absolute Gasteiger partial charge is 0.258 e. The molecule has 0 aliphatic heterocycles. The fraction of sp³-hybridized carbons (Fsp3) is 0.533. The van der Waals surface area contributed by atoms with Crippen LogP contribution < -0.4 is 11.1 Å². The number of carbonyl (C=O) groups is 1. The number of aromatic hydroxyl groups is 1. The monoisotopic (exact) mass is 280 g/mol. The molecule has 110 valence electrons. The van der Waals surface area contributed by atoms with Crippen molar-refractivity contribution in [3.63, 3.8) is 0 Å². The highest BCUT2D eigenvalue weighted by atomic mass is 19.1. The average Bonchev–Trinajstić information content (AvgIpc) is 2.34. The van der Waals surface area contributed by atoms with Crippen LogP contribution in [0.3, 0.4) is 0 Å². The van der Waals surface area contributed by atoms with Crippen molar-refractivity contribution in [2.24, 2.45) is 16.6 Å². The third-order valence-electron chi connectivity index (χ3n) is 4.59. The Bertz CT molecular complexity index is 519. The predicted octanol–water partition coefficient (Wildman–Crippen LogP) is 2.02. The van der Waals surface area contributed by atoms with Gasteiger partial charge in [-0.25, -0.2) is 4.39 Å². The maximum absolute atomic E-state index is 13.7. The van der Waals surface area contributed by atoms with Gasteiger partial charge in [-0.05, 0) is 12.1 Å². The van der Waals surface area contributed by atoms with Gasteiger partial charge in [0.15, 0.2) is 0 Å². The molecule has 1 fully saturated rings. The van der Waals surface area contributed by atoms with E-state index < -0.39 is 11.7 Å². The summed E-state index contributed by atoms with van der Waals surface area (Å²) in [6.07, 6.45) is 0. The molecular formula is C15H21FN2O2. The van der Waals surface area contributed by atoms with Gasteiger partial charge in [0.05, 0.1) is 0 Å². The van der Waals surface area contributed by atoms with Crippen LogP contribution in [0.15, 0.2) is 18.2 Å². The summed E-state index contributed by atoms with van der Waals surface area (Å²) in [4.78, 5) is 12.2. The molecule has 1 aromatic carbocycles. The van der Waals surface area contributed by atoms with Crippen molar-refractivity contribution in [2.45, 2.75) is 39.8 Å². The summed E-state index contributed by atoms with van der Waals surface area (Å²) in [7, 11) is 0. The van der Waals surface area contributed by atoms with E-state index in [0.717, 1.165) is 6.07 Å². The highest BCUT2D eigenvalue weighted by Crippen LogP contribution is 2.52. The van der Waals surface area contributed by atoms with Gasteiger partial charge in [-0.2, -0.15) is 0 Å². The summed E-state index contributed by atoms with van der Waals surface area (Å²) < 4.78 is 13.7. The van der Waals surface area contributed by atoms with E-state index in [0.29, 0.717) is 0 Å². The highest BCUT2D eigenvalue weighted by molar-refractivity contribution is 5.97. The van der Waals surface area contributed by atoms with E-state index in [1.807, 2.05) is 27.7 Å². The van der Waals surface area contributed by atoms with Crippen LogP contribution in [0.1, 0.15) is 38.1 Å². The molecule has 0 atom stereocenters. The lowest BCUT2D eigenvalue weighted by Gasteiger charge is -2.62. The molecule has 0 spiro atoms. The molecule has 0 radical (unpaired) electrons. The van der Waals surface area contributed by atoms with Crippen molar-refractivity contribution in [1.29, 1.82) is 0 Å². The number of carbonyl (C=O) groups excluding carboxylic acids is 1. The Morgan fingerprint density at radius 1 is 1.30 bits per heavy atom. The van der Waals surface area contributed by atoms with E-state index in [9.17, 15) is 14.3 Å². The number of benzene rings is 1. The fourth-order valence-corrected chi connectivity index (χ4v) is 3.49. The lowest BCUT2D eigenvalue weighted by Crippen LogP contribution is -2.76. The summed E-state index contributed by atoms with van der Waals surface area (Å²) >= 11 is 0. The Morgan fingerprint density at radius 2 is 1.85 bits per heavy atom. The summed E-state index contributed by atoms with van der Waals surface area (Å²) in [6, 6.07) is 3.55. The molecule has 0 heterocycles. The quantitative estimate of drug-likeness (QED) is 0.776. The molecule has 1 aliphatic carbocycles. The molecule has 1 amide bonds. The lowest BCUT2D eigenvalue weighted by atomic mass is 9.48. The fourth-order valence-electron chi connectivity index (χ4n) is 3.49. The maximum Gasteiger partial charge on any atom is 0.258 e. The zero-order chi connectivity index (χ0) is 15.3. The first-order valence-electron chi connectivity index (χ1n) is 6.64. The van der Waals surface area contributed by atoms with Crippen LogP contribution >= 0.6 is 0 Å². The molecule has 2 rings (SSSR count). The Balaban J connectivity index is 2.25. The number of halogens is 1. The molecule has 0 saturated heterocycles. The summed E-state index contributed by atoms with van der Waals surface area (Å²) in [6.45, 7) is 7.87. The lowest BCUT2D eigenvalue weighted by molar-refractivity contribution is -0.0664. The van der Waals surface area contributed by atoms with Crippen LogP contribution in [0.25, 0.3) is 0 Å². The molecule has 1 aliphatic rings. The second-order valence-electron chi connectivity index (χ2n) is 6.66. The third kappa shape index (κ3) is 1.97. The van der Waals surface area contributed by atoms with E-state index in [-0.39, 0.29) is 34.2 Å². The van der Waals surface area contributed by atoms with Gasteiger partial charge in [-0.15, -0.1) is 0 Å². The average molecular weight is 280 g/mol. The number of rotatable bonds is 2. The Labute approximate surface area is 118 Å². The van der Waals surface area contributed by atoms with E-state index in [1.165, 1.54) is 12.1 Å². The third-order valence-corrected chi connectivity index (χ3v) is 4.59. The van der Waals surface area contributed by atoms with Crippen molar-refractivity contribution in [3.05, 3.63) is 29.6 Å². The molecule has 4 nitrogen and oxygen atoms in total. The summed E-state index contributed by atoms with van der Waals surface area (Å²) in [5.74, 6) is -1.71. The first-order valence-corrected chi connectivity index (χ1v) is 6.64. The minimum absolute atomic E-state index is 0.0606. The minimum atomic E-state index is -0.735. The van der Waals surface area contributed by atoms with Crippen LogP contribution in [0.5, 0.6) is 5.75 Å². The van der Waals surface area contributed by atoms with Gasteiger partial charge in [0.25, 0.3) is 5.91 Å². The minimum Gasteiger partial charge on any atom is -0.507 e. The van der Waals surface area contributed by atoms with Crippen molar-refractivity contribution in [1.82, 2.24) is 5.32 Å². The highest BCUT2D eigenvalue weighted by Gasteiger charge is 2.60. The molecule has 0 unspecified atom stereocenters. The van der Waals surface area contributed by atoms with E-state index in [4.69, 9.17) is 5.73 Å². The zero-order valence-corrected chi connectivity index (χ0v) is 12.2. The Hall–Kier alpha value is -1.62. The number of nitrogens with two attached hydrogens (primary N) is 1. The molecule has 0 aromatic heterocycles. The largest absolute Gasteiger partial charge is 0.507 e. The molecule has 1 aromatic rings. The second kappa shape index (κ2) is 4.45.